The van der Waals surface area contributed by atoms with Gasteiger partial charge in [-0.3, -0.25) is 13.9 Å². The predicted octanol–water partition coefficient (Wildman–Crippen LogP) is 4.86. The second kappa shape index (κ2) is 11.9. The fraction of sp³-hybridized carbons (Fsp3) is 0.294. The molecule has 1 aliphatic rings. The minimum Gasteiger partial charge on any atom is -0.318 e. The summed E-state index contributed by atoms with van der Waals surface area (Å²) in [5.74, 6) is 1.90. The Morgan fingerprint density at radius 1 is 0.818 bits per heavy atom. The third-order valence-corrected chi connectivity index (χ3v) is 8.40. The van der Waals surface area contributed by atoms with Crippen LogP contribution in [0.3, 0.4) is 0 Å². The Hall–Kier alpha value is -5.12. The molecule has 10 nitrogen and oxygen atoms in total. The maximum Gasteiger partial charge on any atom is 0.332 e. The van der Waals surface area contributed by atoms with Crippen molar-refractivity contribution in [2.24, 2.45) is 5.92 Å². The summed E-state index contributed by atoms with van der Waals surface area (Å²) in [5.41, 5.74) is 5.59. The number of hydrogen-bond acceptors (Lipinski definition) is 6. The first-order valence-electron chi connectivity index (χ1n) is 15.3. The first-order valence-corrected chi connectivity index (χ1v) is 15.3. The van der Waals surface area contributed by atoms with Gasteiger partial charge in [0.05, 0.1) is 0 Å². The van der Waals surface area contributed by atoms with Crippen LogP contribution in [0, 0.1) is 5.92 Å². The van der Waals surface area contributed by atoms with Gasteiger partial charge in [0, 0.05) is 31.6 Å². The molecule has 1 N–H and O–H groups in total. The van der Waals surface area contributed by atoms with Crippen molar-refractivity contribution in [2.45, 2.75) is 58.7 Å². The molecule has 3 aromatic carbocycles. The van der Waals surface area contributed by atoms with Crippen molar-refractivity contribution >= 4 is 11.2 Å². The average molecular weight is 587 g/mol. The van der Waals surface area contributed by atoms with E-state index in [0.29, 0.717) is 55.4 Å². The monoisotopic (exact) mass is 586 g/mol. The van der Waals surface area contributed by atoms with Crippen LogP contribution in [-0.2, 0) is 32.5 Å². The normalized spacial score (nSPS) is 13.1. The molecule has 222 valence electrons. The van der Waals surface area contributed by atoms with E-state index < -0.39 is 0 Å². The van der Waals surface area contributed by atoms with Gasteiger partial charge in [0.2, 0.25) is 0 Å². The first-order chi connectivity index (χ1) is 21.6. The molecular formula is C34H34N8O2. The Morgan fingerprint density at radius 3 is 2.27 bits per heavy atom. The van der Waals surface area contributed by atoms with Crippen LogP contribution < -0.4 is 11.2 Å². The summed E-state index contributed by atoms with van der Waals surface area (Å²) in [7, 11) is 0. The number of benzene rings is 3. The third kappa shape index (κ3) is 5.39. The van der Waals surface area contributed by atoms with Gasteiger partial charge in [-0.2, -0.15) is 0 Å². The van der Waals surface area contributed by atoms with E-state index in [1.165, 1.54) is 4.57 Å². The topological polar surface area (TPSA) is 116 Å². The zero-order valence-corrected chi connectivity index (χ0v) is 24.7. The fourth-order valence-electron chi connectivity index (χ4n) is 5.91. The molecule has 3 heterocycles. The summed E-state index contributed by atoms with van der Waals surface area (Å²) < 4.78 is 5.21. The van der Waals surface area contributed by atoms with E-state index in [-0.39, 0.29) is 11.2 Å². The molecule has 0 atom stereocenters. The molecular weight excluding hydrogens is 552 g/mol. The van der Waals surface area contributed by atoms with Crippen molar-refractivity contribution in [2.75, 3.05) is 0 Å². The molecule has 10 heteroatoms. The number of tetrazole rings is 1. The number of aryl methyl sites for hydroxylation is 2. The van der Waals surface area contributed by atoms with Crippen molar-refractivity contribution in [3.05, 3.63) is 117 Å². The number of nitrogens with one attached hydrogen (secondary N) is 1. The number of imidazole rings is 1. The molecule has 1 fully saturated rings. The molecule has 0 amide bonds. The minimum absolute atomic E-state index is 0.261. The molecule has 6 aromatic rings. The van der Waals surface area contributed by atoms with Crippen LogP contribution in [0.4, 0.5) is 0 Å². The summed E-state index contributed by atoms with van der Waals surface area (Å²) in [6.07, 6.45) is 4.40. The van der Waals surface area contributed by atoms with Crippen LogP contribution in [0.25, 0.3) is 33.7 Å². The van der Waals surface area contributed by atoms with Crippen molar-refractivity contribution in [1.82, 2.24) is 39.3 Å². The molecule has 1 saturated carbocycles. The highest BCUT2D eigenvalue weighted by atomic mass is 16.2. The second-order valence-corrected chi connectivity index (χ2v) is 11.6. The molecule has 0 saturated heterocycles. The van der Waals surface area contributed by atoms with Gasteiger partial charge in [0.15, 0.2) is 17.0 Å². The maximum atomic E-state index is 14.1. The van der Waals surface area contributed by atoms with E-state index in [4.69, 9.17) is 4.98 Å². The molecule has 0 radical (unpaired) electrons. The number of fused-ring (bicyclic) bond motifs is 1. The van der Waals surface area contributed by atoms with E-state index in [2.05, 4.69) is 51.8 Å². The highest BCUT2D eigenvalue weighted by Gasteiger charge is 2.27. The number of hydrogen-bond donors (Lipinski definition) is 1. The number of aromatic amines is 1. The third-order valence-electron chi connectivity index (χ3n) is 8.40. The number of H-pyrrole nitrogens is 1. The minimum atomic E-state index is -0.269. The predicted molar refractivity (Wildman–Crippen MR) is 169 cm³/mol. The van der Waals surface area contributed by atoms with Crippen LogP contribution in [-0.4, -0.2) is 39.3 Å². The van der Waals surface area contributed by atoms with Gasteiger partial charge in [0.25, 0.3) is 5.56 Å². The summed E-state index contributed by atoms with van der Waals surface area (Å²) in [4.78, 5) is 32.8. The van der Waals surface area contributed by atoms with E-state index in [0.717, 1.165) is 52.9 Å². The lowest BCUT2D eigenvalue weighted by Gasteiger charge is -2.14. The van der Waals surface area contributed by atoms with E-state index in [1.807, 2.05) is 59.2 Å². The van der Waals surface area contributed by atoms with E-state index in [9.17, 15) is 9.59 Å². The summed E-state index contributed by atoms with van der Waals surface area (Å²) in [6, 6.07) is 26.3. The van der Waals surface area contributed by atoms with Crippen LogP contribution in [0.1, 0.15) is 43.1 Å². The van der Waals surface area contributed by atoms with Gasteiger partial charge in [-0.1, -0.05) is 85.8 Å². The lowest BCUT2D eigenvalue weighted by molar-refractivity contribution is 0.541. The van der Waals surface area contributed by atoms with Gasteiger partial charge >= 0.3 is 5.69 Å². The second-order valence-electron chi connectivity index (χ2n) is 11.6. The highest BCUT2D eigenvalue weighted by molar-refractivity contribution is 5.80. The van der Waals surface area contributed by atoms with Crippen molar-refractivity contribution < 1.29 is 0 Å². The zero-order chi connectivity index (χ0) is 30.0. The van der Waals surface area contributed by atoms with Crippen LogP contribution >= 0.6 is 0 Å². The smallest absolute Gasteiger partial charge is 0.318 e. The Balaban J connectivity index is 1.29. The van der Waals surface area contributed by atoms with Gasteiger partial charge in [0.1, 0.15) is 5.82 Å². The van der Waals surface area contributed by atoms with Gasteiger partial charge < -0.3 is 4.57 Å². The maximum absolute atomic E-state index is 14.1. The fourth-order valence-corrected chi connectivity index (χ4v) is 5.91. The van der Waals surface area contributed by atoms with Crippen molar-refractivity contribution in [1.29, 1.82) is 0 Å². The molecule has 0 aliphatic heterocycles. The number of nitrogens with zero attached hydrogens (tertiary/aromatic N) is 7. The standard InChI is InChI=1S/C34H34N8O2/c1-2-8-29-35-32-30(33(43)40(20-19-23-9-4-3-5-10-23)34(44)42(32)22-24-13-14-24)41(29)21-25-15-17-26(18-16-25)27-11-6-7-12-28(27)31-36-38-39-37-31/h3-7,9-12,15-18,24H,2,8,13-14,19-22H2,1H3,(H,36,37,38,39). The highest BCUT2D eigenvalue weighted by Crippen LogP contribution is 2.32. The zero-order valence-electron chi connectivity index (χ0n) is 24.7. The molecule has 3 aromatic heterocycles. The van der Waals surface area contributed by atoms with Gasteiger partial charge in [-0.05, 0) is 64.3 Å². The lowest BCUT2D eigenvalue weighted by atomic mass is 9.98. The Kier molecular flexibility index (Phi) is 7.47. The average Bonchev–Trinajstić information content (AvgIpc) is 3.57. The molecule has 0 spiro atoms. The lowest BCUT2D eigenvalue weighted by Crippen LogP contribution is -2.41. The van der Waals surface area contributed by atoms with Crippen LogP contribution in [0.5, 0.6) is 0 Å². The summed E-state index contributed by atoms with van der Waals surface area (Å²) in [5, 5.41) is 14.4. The van der Waals surface area contributed by atoms with Gasteiger partial charge in [-0.15, -0.1) is 5.10 Å². The quantitative estimate of drug-likeness (QED) is 0.232. The molecule has 0 unspecified atom stereocenters. The summed E-state index contributed by atoms with van der Waals surface area (Å²) in [6.45, 7) is 3.51. The Bertz CT molecular complexity index is 2020. The van der Waals surface area contributed by atoms with Crippen LogP contribution in [0.15, 0.2) is 88.5 Å². The number of rotatable bonds is 11. The van der Waals surface area contributed by atoms with Crippen molar-refractivity contribution in [3.8, 4) is 22.5 Å². The Labute approximate surface area is 254 Å². The summed E-state index contributed by atoms with van der Waals surface area (Å²) >= 11 is 0. The largest absolute Gasteiger partial charge is 0.332 e. The van der Waals surface area contributed by atoms with E-state index >= 15 is 0 Å². The molecule has 7 rings (SSSR count). The Morgan fingerprint density at radius 2 is 1.57 bits per heavy atom. The first kappa shape index (κ1) is 27.7. The van der Waals surface area contributed by atoms with Gasteiger partial charge in [-0.25, -0.2) is 14.9 Å². The molecule has 44 heavy (non-hydrogen) atoms. The molecule has 1 aliphatic carbocycles. The SMILES string of the molecule is CCCc1nc2c(c(=O)n(CCc3ccccc3)c(=O)n2CC2CC2)n1Cc1ccc(-c2ccccc2-c2nnn[nH]2)cc1. The number of aromatic nitrogens is 8. The van der Waals surface area contributed by atoms with Crippen molar-refractivity contribution in [3.63, 3.8) is 0 Å². The molecule has 0 bridgehead atoms. The van der Waals surface area contributed by atoms with Crippen LogP contribution in [0.2, 0.25) is 0 Å². The van der Waals surface area contributed by atoms with E-state index in [1.54, 1.807) is 4.57 Å².